The van der Waals surface area contributed by atoms with Crippen LogP contribution in [0.5, 0.6) is 0 Å². The van der Waals surface area contributed by atoms with Crippen LogP contribution in [0.3, 0.4) is 0 Å². The number of amides is 1. The number of fused-ring (bicyclic) bond motifs is 1. The number of piperidine rings is 1. The molecule has 1 aliphatic heterocycles. The second-order valence-corrected chi connectivity index (χ2v) is 10.2. The van der Waals surface area contributed by atoms with Gasteiger partial charge in [0, 0.05) is 13.1 Å². The quantitative estimate of drug-likeness (QED) is 0.290. The van der Waals surface area contributed by atoms with Gasteiger partial charge in [-0.1, -0.05) is 42.1 Å². The van der Waals surface area contributed by atoms with Crippen LogP contribution in [-0.4, -0.2) is 51.3 Å². The Morgan fingerprint density at radius 2 is 1.74 bits per heavy atom. The van der Waals surface area contributed by atoms with Gasteiger partial charge < -0.3 is 9.64 Å². The molecule has 0 N–H and O–H groups in total. The number of ether oxygens (including phenoxy) is 1. The molecule has 1 aliphatic rings. The fourth-order valence-electron chi connectivity index (χ4n) is 4.61. The molecule has 2 aromatic carbocycles. The highest BCUT2D eigenvalue weighted by Crippen LogP contribution is 2.29. The molecule has 0 bridgehead atoms. The summed E-state index contributed by atoms with van der Waals surface area (Å²) in [6.45, 7) is 8.99. The number of benzene rings is 2. The average Bonchev–Trinajstić information content (AvgIpc) is 2.85. The lowest BCUT2D eigenvalue weighted by atomic mass is 9.97. The van der Waals surface area contributed by atoms with Crippen LogP contribution >= 0.6 is 11.8 Å². The van der Waals surface area contributed by atoms with Crippen molar-refractivity contribution in [3.63, 3.8) is 0 Å². The number of hydrogen-bond acceptors (Lipinski definition) is 6. The van der Waals surface area contributed by atoms with Gasteiger partial charge in [-0.3, -0.25) is 19.0 Å². The Labute approximate surface area is 209 Å². The second kappa shape index (κ2) is 10.6. The molecule has 184 valence electrons. The number of likely N-dealkylation sites (tertiary alicyclic amines) is 1. The van der Waals surface area contributed by atoms with Crippen molar-refractivity contribution >= 4 is 34.5 Å². The minimum Gasteiger partial charge on any atom is -0.466 e. The first-order valence-electron chi connectivity index (χ1n) is 12.0. The highest BCUT2D eigenvalue weighted by molar-refractivity contribution is 8.00. The molecule has 8 heteroatoms. The minimum atomic E-state index is -0.446. The zero-order valence-corrected chi connectivity index (χ0v) is 21.4. The number of carbonyl (C=O) groups is 2. The third kappa shape index (κ3) is 5.12. The fourth-order valence-corrected chi connectivity index (χ4v) is 5.61. The molecule has 1 unspecified atom stereocenters. The van der Waals surface area contributed by atoms with Crippen LogP contribution in [-0.2, 0) is 14.3 Å². The van der Waals surface area contributed by atoms with Gasteiger partial charge in [-0.2, -0.15) is 0 Å². The highest BCUT2D eigenvalue weighted by Gasteiger charge is 2.31. The summed E-state index contributed by atoms with van der Waals surface area (Å²) in [5.41, 5.74) is 3.19. The summed E-state index contributed by atoms with van der Waals surface area (Å²) in [6.07, 6.45) is 1.20. The van der Waals surface area contributed by atoms with Gasteiger partial charge in [0.25, 0.3) is 5.56 Å². The lowest BCUT2D eigenvalue weighted by Gasteiger charge is -2.32. The topological polar surface area (TPSA) is 81.5 Å². The fraction of sp³-hybridized carbons (Fsp3) is 0.407. The molecule has 35 heavy (non-hydrogen) atoms. The van der Waals surface area contributed by atoms with Crippen LogP contribution in [0.15, 0.2) is 52.4 Å². The zero-order valence-electron chi connectivity index (χ0n) is 20.6. The highest BCUT2D eigenvalue weighted by atomic mass is 32.2. The molecule has 4 rings (SSSR count). The van der Waals surface area contributed by atoms with Gasteiger partial charge in [0.1, 0.15) is 0 Å². The smallest absolute Gasteiger partial charge is 0.309 e. The Hall–Kier alpha value is -3.13. The summed E-state index contributed by atoms with van der Waals surface area (Å²) in [7, 11) is 0. The first-order valence-corrected chi connectivity index (χ1v) is 12.9. The number of aryl methyl sites for hydroxylation is 2. The van der Waals surface area contributed by atoms with Gasteiger partial charge in [-0.25, -0.2) is 4.98 Å². The minimum absolute atomic E-state index is 0.0206. The van der Waals surface area contributed by atoms with Crippen molar-refractivity contribution < 1.29 is 14.3 Å². The Morgan fingerprint density at radius 1 is 1.09 bits per heavy atom. The summed E-state index contributed by atoms with van der Waals surface area (Å²) in [4.78, 5) is 45.6. The SMILES string of the molecule is CCOC(=O)C1CCN(C(=O)C(C)Sc2nc3ccccc3c(=O)n2-c2c(C)cccc2C)CC1. The molecule has 7 nitrogen and oxygen atoms in total. The number of esters is 1. The Kier molecular flexibility index (Phi) is 7.60. The summed E-state index contributed by atoms with van der Waals surface area (Å²) in [6, 6.07) is 13.2. The van der Waals surface area contributed by atoms with Gasteiger partial charge in [-0.15, -0.1) is 0 Å². The maximum absolute atomic E-state index is 13.6. The molecule has 1 amide bonds. The van der Waals surface area contributed by atoms with E-state index in [0.717, 1.165) is 16.8 Å². The number of hydrogen-bond donors (Lipinski definition) is 0. The van der Waals surface area contributed by atoms with E-state index in [1.54, 1.807) is 22.5 Å². The van der Waals surface area contributed by atoms with Crippen LogP contribution in [0.1, 0.15) is 37.8 Å². The van der Waals surface area contributed by atoms with Crippen LogP contribution in [0.2, 0.25) is 0 Å². The molecule has 0 radical (unpaired) electrons. The van der Waals surface area contributed by atoms with E-state index < -0.39 is 5.25 Å². The Bertz CT molecular complexity index is 1290. The summed E-state index contributed by atoms with van der Waals surface area (Å²) in [5, 5.41) is 0.589. The normalized spacial score (nSPS) is 15.3. The predicted octanol–water partition coefficient (Wildman–Crippen LogP) is 4.28. The summed E-state index contributed by atoms with van der Waals surface area (Å²) < 4.78 is 6.78. The van der Waals surface area contributed by atoms with E-state index in [4.69, 9.17) is 9.72 Å². The maximum Gasteiger partial charge on any atom is 0.309 e. The first kappa shape index (κ1) is 25.0. The molecule has 2 heterocycles. The molecule has 0 spiro atoms. The lowest BCUT2D eigenvalue weighted by molar-refractivity contribution is -0.151. The largest absolute Gasteiger partial charge is 0.466 e. The molecule has 1 aromatic heterocycles. The number of nitrogens with zero attached hydrogens (tertiary/aromatic N) is 3. The number of thioether (sulfide) groups is 1. The third-order valence-electron chi connectivity index (χ3n) is 6.46. The molecule has 0 saturated carbocycles. The third-order valence-corrected chi connectivity index (χ3v) is 7.50. The van der Waals surface area contributed by atoms with Crippen molar-refractivity contribution in [2.75, 3.05) is 19.7 Å². The monoisotopic (exact) mass is 493 g/mol. The second-order valence-electron chi connectivity index (χ2n) is 8.90. The van der Waals surface area contributed by atoms with E-state index in [1.165, 1.54) is 11.8 Å². The van der Waals surface area contributed by atoms with E-state index in [1.807, 2.05) is 57.2 Å². The van der Waals surface area contributed by atoms with Crippen molar-refractivity contribution in [1.82, 2.24) is 14.5 Å². The molecule has 1 fully saturated rings. The van der Waals surface area contributed by atoms with E-state index in [-0.39, 0.29) is 23.4 Å². The van der Waals surface area contributed by atoms with Crippen LogP contribution < -0.4 is 5.56 Å². The van der Waals surface area contributed by atoms with Gasteiger partial charge in [0.2, 0.25) is 5.91 Å². The van der Waals surface area contributed by atoms with Crippen molar-refractivity contribution in [1.29, 1.82) is 0 Å². The van der Waals surface area contributed by atoms with Gasteiger partial charge >= 0.3 is 5.97 Å². The van der Waals surface area contributed by atoms with Crippen molar-refractivity contribution in [3.05, 3.63) is 63.9 Å². The lowest BCUT2D eigenvalue weighted by Crippen LogP contribution is -2.43. The van der Waals surface area contributed by atoms with Crippen molar-refractivity contribution in [2.24, 2.45) is 5.92 Å². The molecule has 1 atom stereocenters. The number of para-hydroxylation sites is 2. The van der Waals surface area contributed by atoms with Gasteiger partial charge in [0.05, 0.1) is 34.4 Å². The van der Waals surface area contributed by atoms with Gasteiger partial charge in [0.15, 0.2) is 5.16 Å². The number of rotatable bonds is 6. The van der Waals surface area contributed by atoms with Gasteiger partial charge in [-0.05, 0) is 63.8 Å². The van der Waals surface area contributed by atoms with Crippen LogP contribution in [0, 0.1) is 19.8 Å². The number of aromatic nitrogens is 2. The molecule has 3 aromatic rings. The summed E-state index contributed by atoms with van der Waals surface area (Å²) >= 11 is 1.30. The molecular formula is C27H31N3O4S. The first-order chi connectivity index (χ1) is 16.8. The molecular weight excluding hydrogens is 462 g/mol. The Morgan fingerprint density at radius 3 is 2.40 bits per heavy atom. The standard InChI is InChI=1S/C27H31N3O4S/c1-5-34-26(33)20-13-15-29(16-14-20)24(31)19(4)35-27-28-22-12-7-6-11-21(22)25(32)30(27)23-17(2)9-8-10-18(23)3/h6-12,19-20H,5,13-16H2,1-4H3. The van der Waals surface area contributed by atoms with E-state index in [0.29, 0.717) is 48.6 Å². The predicted molar refractivity (Wildman–Crippen MR) is 138 cm³/mol. The van der Waals surface area contributed by atoms with E-state index in [2.05, 4.69) is 0 Å². The molecule has 0 aliphatic carbocycles. The van der Waals surface area contributed by atoms with Crippen LogP contribution in [0.4, 0.5) is 0 Å². The number of carbonyl (C=O) groups excluding carboxylic acids is 2. The van der Waals surface area contributed by atoms with Crippen molar-refractivity contribution in [2.45, 2.75) is 50.9 Å². The van der Waals surface area contributed by atoms with Crippen LogP contribution in [0.25, 0.3) is 16.6 Å². The maximum atomic E-state index is 13.6. The van der Waals surface area contributed by atoms with E-state index >= 15 is 0 Å². The zero-order chi connectivity index (χ0) is 25.1. The molecule has 1 saturated heterocycles. The van der Waals surface area contributed by atoms with Crippen molar-refractivity contribution in [3.8, 4) is 5.69 Å². The average molecular weight is 494 g/mol. The Balaban J connectivity index is 1.63. The summed E-state index contributed by atoms with van der Waals surface area (Å²) in [5.74, 6) is -0.355. The van der Waals surface area contributed by atoms with E-state index in [9.17, 15) is 14.4 Å².